The Balaban J connectivity index is 0.000000216. The van der Waals surface area contributed by atoms with Gasteiger partial charge in [-0.25, -0.2) is 4.98 Å². The van der Waals surface area contributed by atoms with Crippen LogP contribution in [-0.2, 0) is 26.5 Å². The van der Waals surface area contributed by atoms with Crippen LogP contribution in [0.25, 0.3) is 44.6 Å². The zero-order valence-electron chi connectivity index (χ0n) is 33.5. The standard InChI is InChI=1S/C28H31N2O.C19H26NSi.Ir/c1-18(28(2,3)4)20-15-16-29-25(17-20)23-12-8-11-21-22-13-14-24(19-9-6-5-7-10-19)30-27(22)31-26(21)23;1-19(2,3)13-16-12-17(15-10-8-7-9-11-15)20-14-18(16)21(4,5)6;/h8,11,13-19H,5-7,9-10H2,1-4H3;7-10,12,14H,13H2,1-6H3;/q2*-1;. The van der Waals surface area contributed by atoms with Gasteiger partial charge in [0, 0.05) is 49.5 Å². The summed E-state index contributed by atoms with van der Waals surface area (Å²) in [7, 11) is -1.37. The van der Waals surface area contributed by atoms with E-state index < -0.39 is 8.07 Å². The first-order valence-corrected chi connectivity index (χ1v) is 22.8. The predicted molar refractivity (Wildman–Crippen MR) is 222 cm³/mol. The summed E-state index contributed by atoms with van der Waals surface area (Å²) in [4.78, 5) is 14.3. The fourth-order valence-corrected chi connectivity index (χ4v) is 8.97. The molecule has 0 saturated heterocycles. The van der Waals surface area contributed by atoms with Crippen LogP contribution in [0.1, 0.15) is 109 Å². The Hall–Kier alpha value is -3.44. The number of furan rings is 1. The topological polar surface area (TPSA) is 51.8 Å². The maximum absolute atomic E-state index is 6.35. The Morgan fingerprint density at radius 2 is 1.58 bits per heavy atom. The summed E-state index contributed by atoms with van der Waals surface area (Å²) < 4.78 is 6.35. The van der Waals surface area contributed by atoms with Crippen LogP contribution in [0.2, 0.25) is 19.6 Å². The minimum absolute atomic E-state index is 0. The Kier molecular flexibility index (Phi) is 12.7. The molecule has 0 N–H and O–H groups in total. The molecule has 1 aliphatic rings. The van der Waals surface area contributed by atoms with Crippen molar-refractivity contribution in [3.05, 3.63) is 108 Å². The van der Waals surface area contributed by atoms with Crippen LogP contribution in [0.15, 0.2) is 83.5 Å². The molecule has 1 saturated carbocycles. The monoisotopic (exact) mass is 900 g/mol. The Bertz CT molecular complexity index is 2130. The molecular weight excluding hydrogens is 843 g/mol. The van der Waals surface area contributed by atoms with Crippen molar-refractivity contribution in [2.24, 2.45) is 10.8 Å². The van der Waals surface area contributed by atoms with Gasteiger partial charge >= 0.3 is 0 Å². The fraction of sp³-hybridized carbons (Fsp3) is 0.426. The van der Waals surface area contributed by atoms with Crippen LogP contribution >= 0.6 is 0 Å². The average Bonchev–Trinajstić information content (AvgIpc) is 3.49. The van der Waals surface area contributed by atoms with Gasteiger partial charge in [-0.15, -0.1) is 54.1 Å². The molecule has 4 heterocycles. The zero-order chi connectivity index (χ0) is 37.3. The minimum atomic E-state index is -1.37. The van der Waals surface area contributed by atoms with Crippen molar-refractivity contribution in [2.45, 2.75) is 118 Å². The number of hydrogen-bond acceptors (Lipinski definition) is 4. The van der Waals surface area contributed by atoms with E-state index in [0.717, 1.165) is 51.0 Å². The van der Waals surface area contributed by atoms with E-state index in [-0.39, 0.29) is 30.9 Å². The van der Waals surface area contributed by atoms with Gasteiger partial charge in [-0.1, -0.05) is 122 Å². The third kappa shape index (κ3) is 9.81. The van der Waals surface area contributed by atoms with Crippen LogP contribution in [-0.4, -0.2) is 23.0 Å². The van der Waals surface area contributed by atoms with E-state index in [9.17, 15) is 0 Å². The van der Waals surface area contributed by atoms with Gasteiger partial charge in [-0.2, -0.15) is 0 Å². The quantitative estimate of drug-likeness (QED) is 0.123. The molecule has 1 aliphatic carbocycles. The molecule has 6 heteroatoms. The molecule has 1 fully saturated rings. The van der Waals surface area contributed by atoms with Gasteiger partial charge in [-0.05, 0) is 70.8 Å². The summed E-state index contributed by atoms with van der Waals surface area (Å²) >= 11 is 0. The predicted octanol–water partition coefficient (Wildman–Crippen LogP) is 12.7. The second-order valence-corrected chi connectivity index (χ2v) is 23.2. The molecule has 0 aliphatic heterocycles. The summed E-state index contributed by atoms with van der Waals surface area (Å²) in [5.41, 5.74) is 9.91. The van der Waals surface area contributed by atoms with Crippen molar-refractivity contribution < 1.29 is 24.5 Å². The third-order valence-corrected chi connectivity index (χ3v) is 12.8. The summed E-state index contributed by atoms with van der Waals surface area (Å²) in [5, 5.41) is 3.64. The van der Waals surface area contributed by atoms with E-state index in [1.165, 1.54) is 54.1 Å². The number of pyridine rings is 3. The van der Waals surface area contributed by atoms with Crippen LogP contribution in [0, 0.1) is 23.0 Å². The molecule has 4 aromatic heterocycles. The van der Waals surface area contributed by atoms with Crippen molar-refractivity contribution in [2.75, 3.05) is 0 Å². The van der Waals surface area contributed by atoms with Crippen LogP contribution in [0.3, 0.4) is 0 Å². The van der Waals surface area contributed by atoms with Crippen LogP contribution in [0.4, 0.5) is 0 Å². The van der Waals surface area contributed by atoms with Crippen LogP contribution in [0.5, 0.6) is 0 Å². The van der Waals surface area contributed by atoms with Gasteiger partial charge in [0.15, 0.2) is 0 Å². The molecule has 6 aromatic rings. The summed E-state index contributed by atoms with van der Waals surface area (Å²) in [6.45, 7) is 23.2. The van der Waals surface area contributed by atoms with Gasteiger partial charge in [0.1, 0.15) is 0 Å². The van der Waals surface area contributed by atoms with Gasteiger partial charge < -0.3 is 14.4 Å². The van der Waals surface area contributed by atoms with E-state index in [0.29, 0.717) is 11.8 Å². The molecule has 0 amide bonds. The number of nitrogens with zero attached hydrogens (tertiary/aromatic N) is 3. The maximum Gasteiger partial charge on any atom is 0.216 e. The third-order valence-electron chi connectivity index (χ3n) is 10.7. The molecule has 53 heavy (non-hydrogen) atoms. The zero-order valence-corrected chi connectivity index (χ0v) is 36.9. The summed E-state index contributed by atoms with van der Waals surface area (Å²) in [6.07, 6.45) is 11.5. The first kappa shape index (κ1) is 40.7. The molecule has 1 unspecified atom stereocenters. The summed E-state index contributed by atoms with van der Waals surface area (Å²) in [6, 6.07) is 29.8. The SMILES string of the molecule is CC(C)(C)Cc1cc(-c2[c-]cccc2)ncc1[Si](C)(C)C.CC(c1ccnc(-c2[c-]ccc3c2oc2nc(C4CCCCC4)ccc23)c1)C(C)(C)C.[Ir]. The second kappa shape index (κ2) is 16.5. The number of hydrogen-bond donors (Lipinski definition) is 0. The minimum Gasteiger partial charge on any atom is -0.486 e. The Morgan fingerprint density at radius 3 is 2.25 bits per heavy atom. The number of aromatic nitrogens is 3. The first-order chi connectivity index (χ1) is 24.6. The van der Waals surface area contributed by atoms with Gasteiger partial charge in [0.25, 0.3) is 0 Å². The van der Waals surface area contributed by atoms with Crippen molar-refractivity contribution in [1.82, 2.24) is 15.0 Å². The Morgan fingerprint density at radius 1 is 0.830 bits per heavy atom. The van der Waals surface area contributed by atoms with E-state index in [1.54, 1.807) is 0 Å². The summed E-state index contributed by atoms with van der Waals surface area (Å²) in [5.74, 6) is 0.985. The fourth-order valence-electron chi connectivity index (χ4n) is 7.40. The number of benzene rings is 2. The molecule has 2 aromatic carbocycles. The van der Waals surface area contributed by atoms with Gasteiger partial charge in [0.05, 0.1) is 13.7 Å². The van der Waals surface area contributed by atoms with E-state index >= 15 is 0 Å². The first-order valence-electron chi connectivity index (χ1n) is 19.3. The van der Waals surface area contributed by atoms with Crippen molar-refractivity contribution >= 4 is 35.3 Å². The normalized spacial score (nSPS) is 14.8. The molecule has 7 rings (SSSR count). The van der Waals surface area contributed by atoms with Gasteiger partial charge in [-0.3, -0.25) is 0 Å². The molecule has 1 radical (unpaired) electrons. The molecule has 1 atom stereocenters. The number of rotatable bonds is 6. The maximum atomic E-state index is 6.35. The molecule has 4 nitrogen and oxygen atoms in total. The average molecular weight is 900 g/mol. The van der Waals surface area contributed by atoms with Gasteiger partial charge in [0.2, 0.25) is 5.71 Å². The van der Waals surface area contributed by atoms with Crippen molar-refractivity contribution in [1.29, 1.82) is 0 Å². The van der Waals surface area contributed by atoms with E-state index in [1.807, 2.05) is 30.5 Å². The molecule has 0 bridgehead atoms. The van der Waals surface area contributed by atoms with E-state index in [4.69, 9.17) is 14.4 Å². The molecule has 0 spiro atoms. The Labute approximate surface area is 333 Å². The largest absolute Gasteiger partial charge is 0.486 e. The van der Waals surface area contributed by atoms with Crippen molar-refractivity contribution in [3.8, 4) is 22.5 Å². The van der Waals surface area contributed by atoms with Crippen LogP contribution < -0.4 is 5.19 Å². The van der Waals surface area contributed by atoms with Crippen molar-refractivity contribution in [3.63, 3.8) is 0 Å². The number of fused-ring (bicyclic) bond motifs is 3. The second-order valence-electron chi connectivity index (χ2n) is 18.2. The smallest absolute Gasteiger partial charge is 0.216 e. The molecule has 281 valence electrons. The van der Waals surface area contributed by atoms with E-state index in [2.05, 4.69) is 134 Å². The molecular formula is C47H57IrN3OSi-2.